The highest BCUT2D eigenvalue weighted by Gasteiger charge is 2.19. The summed E-state index contributed by atoms with van der Waals surface area (Å²) in [6.45, 7) is 0. The maximum atomic E-state index is 12.5. The predicted molar refractivity (Wildman–Crippen MR) is 82.6 cm³/mol. The molecule has 0 saturated carbocycles. The van der Waals surface area contributed by atoms with E-state index in [1.54, 1.807) is 37.5 Å². The highest BCUT2D eigenvalue weighted by molar-refractivity contribution is 6.10. The maximum Gasteiger partial charge on any atom is 0.262 e. The van der Waals surface area contributed by atoms with E-state index in [-0.39, 0.29) is 17.2 Å². The quantitative estimate of drug-likeness (QED) is 0.783. The van der Waals surface area contributed by atoms with Gasteiger partial charge in [-0.25, -0.2) is 4.98 Å². The molecule has 21 heavy (non-hydrogen) atoms. The van der Waals surface area contributed by atoms with Crippen molar-refractivity contribution < 1.29 is 9.90 Å². The van der Waals surface area contributed by atoms with Crippen molar-refractivity contribution in [3.63, 3.8) is 0 Å². The average molecular weight is 278 g/mol. The fourth-order valence-corrected chi connectivity index (χ4v) is 2.26. The zero-order chi connectivity index (χ0) is 14.8. The summed E-state index contributed by atoms with van der Waals surface area (Å²) in [5.41, 5.74) is 0.266. The molecule has 0 bridgehead atoms. The van der Waals surface area contributed by atoms with Crippen LogP contribution in [0.25, 0.3) is 10.8 Å². The van der Waals surface area contributed by atoms with Gasteiger partial charge in [-0.05, 0) is 23.6 Å². The molecule has 0 fully saturated rings. The summed E-state index contributed by atoms with van der Waals surface area (Å²) in [5.74, 6) is 0.243. The molecule has 4 heteroatoms. The Hall–Kier alpha value is -2.88. The van der Waals surface area contributed by atoms with Gasteiger partial charge < -0.3 is 5.11 Å². The first kappa shape index (κ1) is 13.1. The Kier molecular flexibility index (Phi) is 3.28. The summed E-state index contributed by atoms with van der Waals surface area (Å²) in [5, 5.41) is 11.9. The van der Waals surface area contributed by atoms with Crippen LogP contribution in [0, 0.1) is 0 Å². The molecule has 0 aliphatic rings. The molecule has 0 unspecified atom stereocenters. The Bertz CT molecular complexity index is 800. The first-order chi connectivity index (χ1) is 10.2. The minimum Gasteiger partial charge on any atom is -0.506 e. The zero-order valence-electron chi connectivity index (χ0n) is 11.5. The lowest BCUT2D eigenvalue weighted by atomic mass is 10.0. The van der Waals surface area contributed by atoms with Gasteiger partial charge in [0.15, 0.2) is 0 Å². The second kappa shape index (κ2) is 5.25. The molecule has 1 N–H and O–H groups in total. The average Bonchev–Trinajstić information content (AvgIpc) is 2.55. The van der Waals surface area contributed by atoms with Gasteiger partial charge in [0.2, 0.25) is 0 Å². The molecule has 1 heterocycles. The van der Waals surface area contributed by atoms with Crippen LogP contribution < -0.4 is 4.90 Å². The number of carbonyl (C=O) groups is 1. The van der Waals surface area contributed by atoms with E-state index >= 15 is 0 Å². The summed E-state index contributed by atoms with van der Waals surface area (Å²) < 4.78 is 0. The minimum absolute atomic E-state index is 0.000816. The molecule has 0 spiro atoms. The monoisotopic (exact) mass is 278 g/mol. The molecule has 4 nitrogen and oxygen atoms in total. The molecule has 3 aromatic rings. The Balaban J connectivity index is 2.04. The van der Waals surface area contributed by atoms with Gasteiger partial charge in [0.25, 0.3) is 5.91 Å². The third kappa shape index (κ3) is 2.31. The number of carbonyl (C=O) groups excluding carboxylic acids is 1. The van der Waals surface area contributed by atoms with Crippen LogP contribution in [-0.2, 0) is 0 Å². The highest BCUT2D eigenvalue weighted by Crippen LogP contribution is 2.29. The lowest BCUT2D eigenvalue weighted by Crippen LogP contribution is -2.27. The van der Waals surface area contributed by atoms with Crippen molar-refractivity contribution in [2.75, 3.05) is 11.9 Å². The SMILES string of the molecule is CN(C(=O)c1ccc2ccccc2c1O)c1ccccn1. The lowest BCUT2D eigenvalue weighted by Gasteiger charge is -2.17. The van der Waals surface area contributed by atoms with Crippen LogP contribution in [-0.4, -0.2) is 23.0 Å². The number of anilines is 1. The van der Waals surface area contributed by atoms with Gasteiger partial charge >= 0.3 is 0 Å². The number of rotatable bonds is 2. The van der Waals surface area contributed by atoms with Crippen molar-refractivity contribution in [2.24, 2.45) is 0 Å². The number of hydrogen-bond donors (Lipinski definition) is 1. The fourth-order valence-electron chi connectivity index (χ4n) is 2.26. The number of amides is 1. The minimum atomic E-state index is -0.294. The topological polar surface area (TPSA) is 53.4 Å². The van der Waals surface area contributed by atoms with Gasteiger partial charge in [0, 0.05) is 18.6 Å². The van der Waals surface area contributed by atoms with Crippen LogP contribution >= 0.6 is 0 Å². The summed E-state index contributed by atoms with van der Waals surface area (Å²) in [6.07, 6.45) is 1.62. The number of fused-ring (bicyclic) bond motifs is 1. The van der Waals surface area contributed by atoms with Crippen molar-refractivity contribution >= 4 is 22.5 Å². The van der Waals surface area contributed by atoms with E-state index in [4.69, 9.17) is 0 Å². The van der Waals surface area contributed by atoms with E-state index in [1.807, 2.05) is 30.3 Å². The molecule has 0 atom stereocenters. The van der Waals surface area contributed by atoms with Crippen molar-refractivity contribution in [1.29, 1.82) is 0 Å². The Labute approximate surface area is 122 Å². The lowest BCUT2D eigenvalue weighted by molar-refractivity contribution is 0.0990. The smallest absolute Gasteiger partial charge is 0.262 e. The number of benzene rings is 2. The van der Waals surface area contributed by atoms with Crippen LogP contribution in [0.5, 0.6) is 5.75 Å². The van der Waals surface area contributed by atoms with Crippen LogP contribution in [0.3, 0.4) is 0 Å². The molecule has 0 radical (unpaired) electrons. The number of aromatic nitrogens is 1. The zero-order valence-corrected chi connectivity index (χ0v) is 11.5. The van der Waals surface area contributed by atoms with Gasteiger partial charge in [-0.1, -0.05) is 36.4 Å². The summed E-state index contributed by atoms with van der Waals surface area (Å²) in [7, 11) is 1.64. The van der Waals surface area contributed by atoms with Gasteiger partial charge in [0.05, 0.1) is 5.56 Å². The summed E-state index contributed by atoms with van der Waals surface area (Å²) in [6, 6.07) is 16.2. The molecular formula is C17H14N2O2. The molecule has 1 aromatic heterocycles. The van der Waals surface area contributed by atoms with Gasteiger partial charge in [-0.3, -0.25) is 9.69 Å². The number of phenols is 1. The second-order valence-electron chi connectivity index (χ2n) is 4.73. The van der Waals surface area contributed by atoms with Crippen molar-refractivity contribution in [2.45, 2.75) is 0 Å². The first-order valence-corrected chi connectivity index (χ1v) is 6.58. The van der Waals surface area contributed by atoms with Gasteiger partial charge in [-0.2, -0.15) is 0 Å². The molecule has 0 saturated heterocycles. The Morgan fingerprint density at radius 2 is 1.81 bits per heavy atom. The molecule has 1 amide bonds. The second-order valence-corrected chi connectivity index (χ2v) is 4.73. The normalized spacial score (nSPS) is 10.5. The third-order valence-corrected chi connectivity index (χ3v) is 3.43. The summed E-state index contributed by atoms with van der Waals surface area (Å²) >= 11 is 0. The maximum absolute atomic E-state index is 12.5. The molecule has 0 aliphatic heterocycles. The molecule has 2 aromatic carbocycles. The first-order valence-electron chi connectivity index (χ1n) is 6.58. The van der Waals surface area contributed by atoms with Crippen LogP contribution in [0.2, 0.25) is 0 Å². The van der Waals surface area contributed by atoms with E-state index in [9.17, 15) is 9.90 Å². The van der Waals surface area contributed by atoms with Crippen molar-refractivity contribution in [3.8, 4) is 5.75 Å². The Morgan fingerprint density at radius 1 is 1.05 bits per heavy atom. The number of aromatic hydroxyl groups is 1. The predicted octanol–water partition coefficient (Wildman–Crippen LogP) is 3.22. The van der Waals surface area contributed by atoms with E-state index in [0.717, 1.165) is 5.39 Å². The van der Waals surface area contributed by atoms with Crippen LogP contribution in [0.1, 0.15) is 10.4 Å². The van der Waals surface area contributed by atoms with E-state index in [1.165, 1.54) is 4.90 Å². The highest BCUT2D eigenvalue weighted by atomic mass is 16.3. The van der Waals surface area contributed by atoms with E-state index in [0.29, 0.717) is 11.2 Å². The largest absolute Gasteiger partial charge is 0.506 e. The fraction of sp³-hybridized carbons (Fsp3) is 0.0588. The molecule has 104 valence electrons. The number of hydrogen-bond acceptors (Lipinski definition) is 3. The Morgan fingerprint density at radius 3 is 2.57 bits per heavy atom. The number of phenolic OH excluding ortho intramolecular Hbond substituents is 1. The van der Waals surface area contributed by atoms with Gasteiger partial charge in [0.1, 0.15) is 11.6 Å². The number of nitrogens with zero attached hydrogens (tertiary/aromatic N) is 2. The number of pyridine rings is 1. The standard InChI is InChI=1S/C17H14N2O2/c1-19(15-8-4-5-11-18-15)17(21)14-10-9-12-6-2-3-7-13(12)16(14)20/h2-11,20H,1H3. The van der Waals surface area contributed by atoms with Crippen LogP contribution in [0.15, 0.2) is 60.8 Å². The van der Waals surface area contributed by atoms with E-state index < -0.39 is 0 Å². The van der Waals surface area contributed by atoms with Crippen molar-refractivity contribution in [1.82, 2.24) is 4.98 Å². The molecular weight excluding hydrogens is 264 g/mol. The summed E-state index contributed by atoms with van der Waals surface area (Å²) in [4.78, 5) is 18.1. The van der Waals surface area contributed by atoms with E-state index in [2.05, 4.69) is 4.98 Å². The van der Waals surface area contributed by atoms with Crippen molar-refractivity contribution in [3.05, 3.63) is 66.4 Å². The van der Waals surface area contributed by atoms with Gasteiger partial charge in [-0.15, -0.1) is 0 Å². The van der Waals surface area contributed by atoms with Crippen LogP contribution in [0.4, 0.5) is 5.82 Å². The third-order valence-electron chi connectivity index (χ3n) is 3.43. The molecule has 3 rings (SSSR count). The molecule has 0 aliphatic carbocycles.